The van der Waals surface area contributed by atoms with Crippen LogP contribution in [0.2, 0.25) is 0 Å². The number of carbonyl (C=O) groups is 1. The number of carboxylic acid groups (broad SMARTS) is 1. The molecule has 2 N–H and O–H groups in total. The van der Waals surface area contributed by atoms with Gasteiger partial charge in [0.25, 0.3) is 0 Å². The average Bonchev–Trinajstić information content (AvgIpc) is 3.06. The van der Waals surface area contributed by atoms with Crippen LogP contribution < -0.4 is 19.9 Å². The Morgan fingerprint density at radius 1 is 1.00 bits per heavy atom. The molecule has 0 aliphatic rings. The van der Waals surface area contributed by atoms with Crippen molar-refractivity contribution in [3.05, 3.63) is 76.7 Å². The van der Waals surface area contributed by atoms with Crippen molar-refractivity contribution >= 4 is 33.7 Å². The molecule has 4 rings (SSSR count). The molecule has 0 spiro atoms. The second-order valence-electron chi connectivity index (χ2n) is 7.87. The highest BCUT2D eigenvalue weighted by molar-refractivity contribution is 7.86. The molecule has 0 aliphatic carbocycles. The van der Waals surface area contributed by atoms with Gasteiger partial charge >= 0.3 is 11.7 Å². The number of aryl methyl sites for hydroxylation is 2. The van der Waals surface area contributed by atoms with Crippen LogP contribution in [0.5, 0.6) is 17.2 Å². The van der Waals surface area contributed by atoms with Crippen molar-refractivity contribution in [2.24, 2.45) is 14.1 Å². The quantitative estimate of drug-likeness (QED) is 0.358. The minimum Gasteiger partial charge on any atom is -0.493 e. The summed E-state index contributed by atoms with van der Waals surface area (Å²) in [4.78, 5) is 24.1. The van der Waals surface area contributed by atoms with E-state index < -0.39 is 17.0 Å². The molecule has 1 atom stereocenters. The topological polar surface area (TPSA) is 112 Å². The number of rotatable bonds is 9. The number of fused-ring (bicyclic) bond motifs is 1. The maximum Gasteiger partial charge on any atom is 0.335 e. The van der Waals surface area contributed by atoms with E-state index in [0.29, 0.717) is 40.6 Å². The standard InChI is InChI=1S/C25H25N3O6S/c1-4-11-33-17-8-6-9-18(13-17)34-23-15-22-21(27(2)25(31)28(22)3)14-20(23)26-35(32)19-10-5-7-16(12-19)24(29)30/h5-10,12-15,26H,4,11H2,1-3H3,(H,29,30). The first-order valence-electron chi connectivity index (χ1n) is 10.9. The molecule has 9 nitrogen and oxygen atoms in total. The number of nitrogens with zero attached hydrogens (tertiary/aromatic N) is 2. The van der Waals surface area contributed by atoms with E-state index in [-0.39, 0.29) is 16.1 Å². The number of carboxylic acids is 1. The molecule has 3 aromatic carbocycles. The zero-order valence-corrected chi connectivity index (χ0v) is 20.3. The molecule has 0 amide bonds. The van der Waals surface area contributed by atoms with Gasteiger partial charge in [0, 0.05) is 26.2 Å². The van der Waals surface area contributed by atoms with Crippen molar-refractivity contribution in [1.29, 1.82) is 0 Å². The zero-order chi connectivity index (χ0) is 25.1. The lowest BCUT2D eigenvalue weighted by Gasteiger charge is -2.15. The zero-order valence-electron chi connectivity index (χ0n) is 19.5. The lowest BCUT2D eigenvalue weighted by molar-refractivity contribution is 0.0696. The first kappa shape index (κ1) is 24.1. The van der Waals surface area contributed by atoms with Crippen LogP contribution in [0.25, 0.3) is 11.0 Å². The highest BCUT2D eigenvalue weighted by Crippen LogP contribution is 2.35. The van der Waals surface area contributed by atoms with E-state index in [1.54, 1.807) is 50.5 Å². The van der Waals surface area contributed by atoms with Crippen LogP contribution in [0, 0.1) is 0 Å². The second kappa shape index (κ2) is 10.1. The summed E-state index contributed by atoms with van der Waals surface area (Å²) in [5.41, 5.74) is 1.43. The summed E-state index contributed by atoms with van der Waals surface area (Å²) in [5, 5.41) is 9.26. The molecule has 4 aromatic rings. The summed E-state index contributed by atoms with van der Waals surface area (Å²) in [7, 11) is 1.51. The van der Waals surface area contributed by atoms with Crippen LogP contribution in [0.4, 0.5) is 5.69 Å². The number of ether oxygens (including phenoxy) is 2. The molecule has 35 heavy (non-hydrogen) atoms. The Morgan fingerprint density at radius 3 is 2.40 bits per heavy atom. The van der Waals surface area contributed by atoms with E-state index in [9.17, 15) is 18.9 Å². The van der Waals surface area contributed by atoms with Gasteiger partial charge in [0.05, 0.1) is 33.8 Å². The van der Waals surface area contributed by atoms with Crippen molar-refractivity contribution < 1.29 is 23.6 Å². The third-order valence-corrected chi connectivity index (χ3v) is 6.46. The highest BCUT2D eigenvalue weighted by atomic mass is 32.2. The molecule has 0 saturated carbocycles. The van der Waals surface area contributed by atoms with Gasteiger partial charge in [0.1, 0.15) is 22.5 Å². The number of aromatic nitrogens is 2. The molecule has 1 heterocycles. The molecule has 0 fully saturated rings. The van der Waals surface area contributed by atoms with Crippen LogP contribution >= 0.6 is 0 Å². The summed E-state index contributed by atoms with van der Waals surface area (Å²) < 4.78 is 30.8. The van der Waals surface area contributed by atoms with Crippen LogP contribution in [0.1, 0.15) is 23.7 Å². The van der Waals surface area contributed by atoms with E-state index in [1.165, 1.54) is 27.3 Å². The van der Waals surface area contributed by atoms with Crippen LogP contribution in [-0.2, 0) is 25.1 Å². The predicted octanol–water partition coefficient (Wildman–Crippen LogP) is 4.29. The summed E-state index contributed by atoms with van der Waals surface area (Å²) in [5.74, 6) is 0.384. The summed E-state index contributed by atoms with van der Waals surface area (Å²) in [6, 6.07) is 16.4. The van der Waals surface area contributed by atoms with Gasteiger partial charge in [-0.3, -0.25) is 13.9 Å². The number of hydrogen-bond acceptors (Lipinski definition) is 5. The molecule has 182 valence electrons. The normalized spacial score (nSPS) is 11.9. The highest BCUT2D eigenvalue weighted by Gasteiger charge is 2.17. The molecule has 1 unspecified atom stereocenters. The number of hydrogen-bond donors (Lipinski definition) is 2. The number of anilines is 1. The Hall–Kier alpha value is -4.05. The van der Waals surface area contributed by atoms with Crippen molar-refractivity contribution in [2.75, 3.05) is 11.3 Å². The van der Waals surface area contributed by atoms with Gasteiger partial charge in [0.15, 0.2) is 5.75 Å². The molecule has 1 aromatic heterocycles. The molecule has 0 radical (unpaired) electrons. The minimum atomic E-state index is -1.80. The third kappa shape index (κ3) is 5.07. The molecule has 0 bridgehead atoms. The Labute approximate surface area is 204 Å². The monoisotopic (exact) mass is 495 g/mol. The van der Waals surface area contributed by atoms with Gasteiger partial charge in [-0.05, 0) is 42.8 Å². The van der Waals surface area contributed by atoms with Gasteiger partial charge < -0.3 is 14.6 Å². The average molecular weight is 496 g/mol. The fourth-order valence-corrected chi connectivity index (χ4v) is 4.48. The van der Waals surface area contributed by atoms with E-state index >= 15 is 0 Å². The van der Waals surface area contributed by atoms with E-state index in [4.69, 9.17) is 9.47 Å². The maximum atomic E-state index is 13.1. The Morgan fingerprint density at radius 2 is 1.69 bits per heavy atom. The maximum absolute atomic E-state index is 13.1. The Kier molecular flexibility index (Phi) is 6.92. The van der Waals surface area contributed by atoms with E-state index in [2.05, 4.69) is 4.72 Å². The minimum absolute atomic E-state index is 0.0268. The third-order valence-electron chi connectivity index (χ3n) is 5.38. The number of imidazole rings is 1. The van der Waals surface area contributed by atoms with Crippen LogP contribution in [0.15, 0.2) is 70.4 Å². The van der Waals surface area contributed by atoms with Crippen molar-refractivity contribution in [2.45, 2.75) is 18.2 Å². The molecular formula is C25H25N3O6S. The largest absolute Gasteiger partial charge is 0.493 e. The molecule has 0 saturated heterocycles. The van der Waals surface area contributed by atoms with Gasteiger partial charge in [-0.15, -0.1) is 0 Å². The summed E-state index contributed by atoms with van der Waals surface area (Å²) in [6.07, 6.45) is 0.868. The summed E-state index contributed by atoms with van der Waals surface area (Å²) >= 11 is 0. The van der Waals surface area contributed by atoms with Crippen molar-refractivity contribution in [3.8, 4) is 17.2 Å². The SMILES string of the molecule is CCCOc1cccc(Oc2cc3c(cc2NS(=O)c2cccc(C(=O)O)c2)n(C)c(=O)n3C)c1. The van der Waals surface area contributed by atoms with Crippen LogP contribution in [0.3, 0.4) is 0 Å². The van der Waals surface area contributed by atoms with E-state index in [0.717, 1.165) is 6.42 Å². The van der Waals surface area contributed by atoms with Gasteiger partial charge in [-0.25, -0.2) is 13.8 Å². The first-order chi connectivity index (χ1) is 16.8. The van der Waals surface area contributed by atoms with Crippen molar-refractivity contribution in [1.82, 2.24) is 9.13 Å². The fraction of sp³-hybridized carbons (Fsp3) is 0.200. The molecule has 0 aliphatic heterocycles. The van der Waals surface area contributed by atoms with Gasteiger partial charge in [-0.2, -0.15) is 0 Å². The molecule has 10 heteroatoms. The Bertz CT molecular complexity index is 1490. The van der Waals surface area contributed by atoms with Gasteiger partial charge in [0.2, 0.25) is 0 Å². The summed E-state index contributed by atoms with van der Waals surface area (Å²) in [6.45, 7) is 2.59. The van der Waals surface area contributed by atoms with Crippen molar-refractivity contribution in [3.63, 3.8) is 0 Å². The number of aromatic carboxylic acids is 1. The first-order valence-corrected chi connectivity index (χ1v) is 12.1. The smallest absolute Gasteiger partial charge is 0.335 e. The van der Waals surface area contributed by atoms with E-state index in [1.807, 2.05) is 13.0 Å². The van der Waals surface area contributed by atoms with Gasteiger partial charge in [-0.1, -0.05) is 19.1 Å². The Balaban J connectivity index is 1.75. The predicted molar refractivity (Wildman–Crippen MR) is 134 cm³/mol. The number of benzene rings is 3. The van der Waals surface area contributed by atoms with Crippen LogP contribution in [-0.4, -0.2) is 31.0 Å². The number of nitrogens with one attached hydrogen (secondary N) is 1. The second-order valence-corrected chi connectivity index (χ2v) is 9.08. The molecular weight excluding hydrogens is 470 g/mol. The lowest BCUT2D eigenvalue weighted by atomic mass is 10.2. The lowest BCUT2D eigenvalue weighted by Crippen LogP contribution is -2.19. The fourth-order valence-electron chi connectivity index (χ4n) is 3.57.